The second kappa shape index (κ2) is 9.79. The summed E-state index contributed by atoms with van der Waals surface area (Å²) in [6.07, 6.45) is 0.00392. The zero-order valence-corrected chi connectivity index (χ0v) is 15.5. The first-order valence-corrected chi connectivity index (χ1v) is 8.44. The smallest absolute Gasteiger partial charge is 0.277 e. The van der Waals surface area contributed by atoms with Crippen molar-refractivity contribution in [1.82, 2.24) is 5.43 Å². The minimum Gasteiger partial charge on any atom is -0.484 e. The minimum atomic E-state index is -0.421. The molecule has 0 saturated carbocycles. The molecule has 2 rings (SSSR count). The number of amides is 2. The third-order valence-electron chi connectivity index (χ3n) is 3.05. The summed E-state index contributed by atoms with van der Waals surface area (Å²) >= 11 is 11.8. The van der Waals surface area contributed by atoms with Crippen molar-refractivity contribution in [1.29, 1.82) is 0 Å². The molecule has 0 atom stereocenters. The van der Waals surface area contributed by atoms with Gasteiger partial charge in [-0.3, -0.25) is 9.59 Å². The highest BCUT2D eigenvalue weighted by Gasteiger charge is 2.07. The van der Waals surface area contributed by atoms with Crippen molar-refractivity contribution >= 4 is 46.4 Å². The fraction of sp³-hybridized carbons (Fsp3) is 0.167. The molecule has 0 spiro atoms. The number of carbonyl (C=O) groups is 2. The maximum absolute atomic E-state index is 12.0. The number of nitrogens with zero attached hydrogens (tertiary/aromatic N) is 1. The van der Waals surface area contributed by atoms with Crippen molar-refractivity contribution in [2.24, 2.45) is 5.10 Å². The van der Waals surface area contributed by atoms with E-state index in [0.29, 0.717) is 27.2 Å². The summed E-state index contributed by atoms with van der Waals surface area (Å²) in [6.45, 7) is 1.46. The van der Waals surface area contributed by atoms with Gasteiger partial charge in [0.2, 0.25) is 5.91 Å². The van der Waals surface area contributed by atoms with Crippen LogP contribution in [-0.2, 0) is 9.59 Å². The highest BCUT2D eigenvalue weighted by atomic mass is 35.5. The van der Waals surface area contributed by atoms with Crippen LogP contribution in [0.15, 0.2) is 53.6 Å². The van der Waals surface area contributed by atoms with Gasteiger partial charge in [0.1, 0.15) is 5.75 Å². The third-order valence-corrected chi connectivity index (χ3v) is 3.48. The molecule has 0 aliphatic rings. The van der Waals surface area contributed by atoms with Gasteiger partial charge in [-0.25, -0.2) is 5.43 Å². The second-order valence-electron chi connectivity index (χ2n) is 5.37. The van der Waals surface area contributed by atoms with Crippen molar-refractivity contribution in [3.63, 3.8) is 0 Å². The molecule has 0 bridgehead atoms. The summed E-state index contributed by atoms with van der Waals surface area (Å²) in [5.41, 5.74) is 3.26. The van der Waals surface area contributed by atoms with E-state index >= 15 is 0 Å². The molecule has 0 heterocycles. The first-order valence-electron chi connectivity index (χ1n) is 7.68. The molecule has 6 nitrogen and oxygen atoms in total. The second-order valence-corrected chi connectivity index (χ2v) is 6.24. The number of para-hydroxylation sites is 1. The van der Waals surface area contributed by atoms with E-state index in [1.807, 2.05) is 6.07 Å². The fourth-order valence-corrected chi connectivity index (χ4v) is 2.48. The van der Waals surface area contributed by atoms with Crippen molar-refractivity contribution in [3.05, 3.63) is 58.6 Å². The maximum Gasteiger partial charge on any atom is 0.277 e. The number of carbonyl (C=O) groups excluding carboxylic acids is 2. The summed E-state index contributed by atoms with van der Waals surface area (Å²) in [4.78, 5) is 23.7. The fourth-order valence-electron chi connectivity index (χ4n) is 1.96. The summed E-state index contributed by atoms with van der Waals surface area (Å²) in [7, 11) is 0. The Morgan fingerprint density at radius 1 is 1.04 bits per heavy atom. The van der Waals surface area contributed by atoms with Crippen molar-refractivity contribution < 1.29 is 14.3 Å². The first-order chi connectivity index (χ1) is 12.4. The molecule has 0 saturated heterocycles. The molecule has 2 aromatic rings. The molecule has 0 aliphatic carbocycles. The van der Waals surface area contributed by atoms with Gasteiger partial charge >= 0.3 is 0 Å². The van der Waals surface area contributed by atoms with Crippen LogP contribution in [0.5, 0.6) is 5.75 Å². The first kappa shape index (κ1) is 19.8. The zero-order chi connectivity index (χ0) is 18.9. The van der Waals surface area contributed by atoms with E-state index in [0.717, 1.165) is 0 Å². The van der Waals surface area contributed by atoms with Crippen LogP contribution in [0.25, 0.3) is 0 Å². The number of hydrogen-bond donors (Lipinski definition) is 2. The topological polar surface area (TPSA) is 79.8 Å². The van der Waals surface area contributed by atoms with Gasteiger partial charge in [-0.2, -0.15) is 5.10 Å². The van der Waals surface area contributed by atoms with Gasteiger partial charge in [-0.05, 0) is 37.3 Å². The van der Waals surface area contributed by atoms with Crippen LogP contribution in [0, 0.1) is 0 Å². The average molecular weight is 394 g/mol. The molecule has 26 heavy (non-hydrogen) atoms. The van der Waals surface area contributed by atoms with Gasteiger partial charge in [-0.1, -0.05) is 41.4 Å². The molecule has 0 unspecified atom stereocenters. The van der Waals surface area contributed by atoms with Crippen molar-refractivity contribution in [2.75, 3.05) is 11.9 Å². The number of halogens is 2. The maximum atomic E-state index is 12.0. The lowest BCUT2D eigenvalue weighted by atomic mass is 10.2. The number of anilines is 1. The van der Waals surface area contributed by atoms with E-state index in [-0.39, 0.29) is 18.9 Å². The summed E-state index contributed by atoms with van der Waals surface area (Å²) < 4.78 is 5.30. The highest BCUT2D eigenvalue weighted by molar-refractivity contribution is 6.35. The molecule has 136 valence electrons. The number of rotatable bonds is 7. The lowest BCUT2D eigenvalue weighted by Gasteiger charge is -2.07. The van der Waals surface area contributed by atoms with Crippen LogP contribution in [-0.4, -0.2) is 24.1 Å². The van der Waals surface area contributed by atoms with Crippen LogP contribution in [0.4, 0.5) is 5.69 Å². The normalized spacial score (nSPS) is 11.0. The average Bonchev–Trinajstić information content (AvgIpc) is 2.58. The SMILES string of the molecule is C/C(CC(=O)Nc1cc(Cl)cc(Cl)c1)=N/NC(=O)COc1ccccc1. The molecule has 2 N–H and O–H groups in total. The van der Waals surface area contributed by atoms with E-state index in [4.69, 9.17) is 27.9 Å². The van der Waals surface area contributed by atoms with Crippen molar-refractivity contribution in [3.8, 4) is 5.75 Å². The Kier molecular flexibility index (Phi) is 7.44. The Morgan fingerprint density at radius 2 is 1.69 bits per heavy atom. The van der Waals surface area contributed by atoms with Gasteiger partial charge in [0.05, 0.1) is 6.42 Å². The van der Waals surface area contributed by atoms with Gasteiger partial charge in [0, 0.05) is 21.4 Å². The standard InChI is InChI=1S/C18H17Cl2N3O3/c1-12(7-17(24)21-15-9-13(19)8-14(20)10-15)22-23-18(25)11-26-16-5-3-2-4-6-16/h2-6,8-10H,7,11H2,1H3,(H,21,24)(H,23,25)/b22-12-. The quantitative estimate of drug-likeness (QED) is 0.552. The Bertz CT molecular complexity index is 790. The van der Waals surface area contributed by atoms with E-state index in [1.54, 1.807) is 49.4 Å². The van der Waals surface area contributed by atoms with Crippen LogP contribution < -0.4 is 15.5 Å². The van der Waals surface area contributed by atoms with Crippen molar-refractivity contribution in [2.45, 2.75) is 13.3 Å². The van der Waals surface area contributed by atoms with Gasteiger partial charge < -0.3 is 10.1 Å². The summed E-state index contributed by atoms with van der Waals surface area (Å²) in [5.74, 6) is -0.141. The van der Waals surface area contributed by atoms with Crippen LogP contribution in [0.2, 0.25) is 10.0 Å². The van der Waals surface area contributed by atoms with E-state index in [2.05, 4.69) is 15.8 Å². The largest absolute Gasteiger partial charge is 0.484 e. The number of benzene rings is 2. The molecule has 0 aliphatic heterocycles. The lowest BCUT2D eigenvalue weighted by molar-refractivity contribution is -0.123. The molecular formula is C18H17Cl2N3O3. The predicted octanol–water partition coefficient (Wildman–Crippen LogP) is 3.89. The zero-order valence-electron chi connectivity index (χ0n) is 14.0. The molecule has 2 aromatic carbocycles. The Balaban J connectivity index is 1.77. The van der Waals surface area contributed by atoms with E-state index in [9.17, 15) is 9.59 Å². The van der Waals surface area contributed by atoms with Gasteiger partial charge in [0.15, 0.2) is 6.61 Å². The van der Waals surface area contributed by atoms with Gasteiger partial charge in [-0.15, -0.1) is 0 Å². The lowest BCUT2D eigenvalue weighted by Crippen LogP contribution is -2.26. The van der Waals surface area contributed by atoms with Crippen LogP contribution in [0.3, 0.4) is 0 Å². The minimum absolute atomic E-state index is 0.00392. The van der Waals surface area contributed by atoms with Gasteiger partial charge in [0.25, 0.3) is 5.91 Å². The molecule has 0 radical (unpaired) electrons. The molecule has 0 aromatic heterocycles. The molecule has 8 heteroatoms. The van der Waals surface area contributed by atoms with E-state index in [1.165, 1.54) is 0 Å². The van der Waals surface area contributed by atoms with Crippen LogP contribution >= 0.6 is 23.2 Å². The summed E-state index contributed by atoms with van der Waals surface area (Å²) in [6, 6.07) is 13.7. The number of hydrogen-bond acceptors (Lipinski definition) is 4. The Hall–Kier alpha value is -2.57. The van der Waals surface area contributed by atoms with E-state index < -0.39 is 5.91 Å². The highest BCUT2D eigenvalue weighted by Crippen LogP contribution is 2.22. The Morgan fingerprint density at radius 3 is 2.35 bits per heavy atom. The molecular weight excluding hydrogens is 377 g/mol. The monoisotopic (exact) mass is 393 g/mol. The Labute approximate surface area is 161 Å². The number of hydrazone groups is 1. The third kappa shape index (κ3) is 7.13. The number of nitrogens with one attached hydrogen (secondary N) is 2. The number of ether oxygens (including phenoxy) is 1. The van der Waals surface area contributed by atoms with Crippen LogP contribution in [0.1, 0.15) is 13.3 Å². The molecule has 2 amide bonds. The molecule has 0 fully saturated rings. The predicted molar refractivity (Wildman–Crippen MR) is 103 cm³/mol. The summed E-state index contributed by atoms with van der Waals surface area (Å²) in [5, 5.41) is 7.38.